The quantitative estimate of drug-likeness (QED) is 0.350. The van der Waals surface area contributed by atoms with Crippen LogP contribution in [0.1, 0.15) is 29.7 Å². The van der Waals surface area contributed by atoms with Gasteiger partial charge in [-0.2, -0.15) is 0 Å². The van der Waals surface area contributed by atoms with E-state index in [-0.39, 0.29) is 5.69 Å². The number of fused-ring (bicyclic) bond motifs is 1. The maximum absolute atomic E-state index is 11.0. The molecule has 27 heavy (non-hydrogen) atoms. The van der Waals surface area contributed by atoms with Crippen LogP contribution in [0, 0.1) is 21.7 Å². The van der Waals surface area contributed by atoms with E-state index in [1.54, 1.807) is 12.1 Å². The summed E-state index contributed by atoms with van der Waals surface area (Å²) in [6.45, 7) is 2.06. The molecule has 0 N–H and O–H groups in total. The Kier molecular flexibility index (Phi) is 4.58. The van der Waals surface area contributed by atoms with Gasteiger partial charge in [0.05, 0.1) is 4.92 Å². The number of nitrogens with zero attached hydrogens (tertiary/aromatic N) is 3. The fourth-order valence-corrected chi connectivity index (χ4v) is 3.91. The van der Waals surface area contributed by atoms with Crippen LogP contribution in [-0.2, 0) is 12.8 Å². The largest absolute Gasteiger partial charge is 0.298 e. The normalized spacial score (nSPS) is 13.2. The first-order valence-corrected chi connectivity index (χ1v) is 9.42. The Labute approximate surface area is 162 Å². The molecule has 0 atom stereocenters. The molecule has 4 rings (SSSR count). The van der Waals surface area contributed by atoms with Gasteiger partial charge in [0.2, 0.25) is 0 Å². The van der Waals surface area contributed by atoms with Crippen LogP contribution in [0.25, 0.3) is 17.1 Å². The molecule has 1 aliphatic carbocycles. The lowest BCUT2D eigenvalue weighted by Crippen LogP contribution is -2.17. The standard InChI is InChI=1S/C21H19N3O2S/c1-14-6-10-16(11-7-14)23-19-5-3-2-4-18(19)21(27)22-20(23)15-8-12-17(13-9-15)24(25)26/h6-13H,2-5H2,1H3. The van der Waals surface area contributed by atoms with E-state index >= 15 is 0 Å². The fraction of sp³-hybridized carbons (Fsp3) is 0.238. The average Bonchev–Trinajstić information content (AvgIpc) is 2.69. The molecular weight excluding hydrogens is 358 g/mol. The predicted molar refractivity (Wildman–Crippen MR) is 108 cm³/mol. The van der Waals surface area contributed by atoms with Gasteiger partial charge in [-0.25, -0.2) is 4.98 Å². The summed E-state index contributed by atoms with van der Waals surface area (Å²) >= 11 is 5.59. The molecule has 0 spiro atoms. The molecule has 2 aromatic carbocycles. The van der Waals surface area contributed by atoms with E-state index in [1.807, 2.05) is 0 Å². The summed E-state index contributed by atoms with van der Waals surface area (Å²) < 4.78 is 2.81. The van der Waals surface area contributed by atoms with Crippen molar-refractivity contribution in [2.45, 2.75) is 32.6 Å². The molecule has 6 heteroatoms. The number of aromatic nitrogens is 2. The Balaban J connectivity index is 1.97. The lowest BCUT2D eigenvalue weighted by molar-refractivity contribution is -0.384. The lowest BCUT2D eigenvalue weighted by atomic mass is 9.96. The molecule has 0 fully saturated rings. The highest BCUT2D eigenvalue weighted by Gasteiger charge is 2.20. The Morgan fingerprint density at radius 2 is 1.70 bits per heavy atom. The first-order chi connectivity index (χ1) is 13.0. The van der Waals surface area contributed by atoms with Gasteiger partial charge in [0, 0.05) is 34.6 Å². The van der Waals surface area contributed by atoms with Crippen LogP contribution in [0.15, 0.2) is 48.5 Å². The minimum absolute atomic E-state index is 0.0668. The number of aryl methyl sites for hydroxylation is 1. The van der Waals surface area contributed by atoms with Crippen molar-refractivity contribution in [1.29, 1.82) is 0 Å². The predicted octanol–water partition coefficient (Wildman–Crippen LogP) is 5.36. The first-order valence-electron chi connectivity index (χ1n) is 9.01. The van der Waals surface area contributed by atoms with Gasteiger partial charge in [-0.05, 0) is 56.9 Å². The monoisotopic (exact) mass is 377 g/mol. The maximum Gasteiger partial charge on any atom is 0.269 e. The number of non-ortho nitro benzene ring substituents is 1. The SMILES string of the molecule is Cc1ccc(-n2c(-c3ccc([N+](=O)[O-])cc3)nc(=S)c3c2CCCC3)cc1. The lowest BCUT2D eigenvalue weighted by Gasteiger charge is -2.24. The molecule has 1 heterocycles. The van der Waals surface area contributed by atoms with Crippen LogP contribution in [0.3, 0.4) is 0 Å². The summed E-state index contributed by atoms with van der Waals surface area (Å²) in [5.74, 6) is 0.736. The molecule has 3 aromatic rings. The van der Waals surface area contributed by atoms with Crippen molar-refractivity contribution in [2.75, 3.05) is 0 Å². The second-order valence-electron chi connectivity index (χ2n) is 6.85. The summed E-state index contributed by atoms with van der Waals surface area (Å²) in [5, 5.41) is 11.0. The Morgan fingerprint density at radius 1 is 1.04 bits per heavy atom. The van der Waals surface area contributed by atoms with Crippen molar-refractivity contribution in [3.8, 4) is 17.1 Å². The summed E-state index contributed by atoms with van der Waals surface area (Å²) in [4.78, 5) is 15.3. The van der Waals surface area contributed by atoms with Crippen LogP contribution in [-0.4, -0.2) is 14.5 Å². The van der Waals surface area contributed by atoms with E-state index in [0.29, 0.717) is 4.64 Å². The molecule has 0 saturated heterocycles. The summed E-state index contributed by atoms with van der Waals surface area (Å²) in [5.41, 5.74) is 5.48. The van der Waals surface area contributed by atoms with Crippen LogP contribution in [0.5, 0.6) is 0 Å². The van der Waals surface area contributed by atoms with Crippen molar-refractivity contribution in [3.63, 3.8) is 0 Å². The number of hydrogen-bond acceptors (Lipinski definition) is 4. The fourth-order valence-electron chi connectivity index (χ4n) is 3.61. The van der Waals surface area contributed by atoms with Crippen molar-refractivity contribution >= 4 is 17.9 Å². The van der Waals surface area contributed by atoms with Gasteiger partial charge in [-0.15, -0.1) is 0 Å². The van der Waals surface area contributed by atoms with Gasteiger partial charge in [0.1, 0.15) is 10.5 Å². The summed E-state index contributed by atoms with van der Waals surface area (Å²) in [6.07, 6.45) is 4.16. The van der Waals surface area contributed by atoms with Gasteiger partial charge in [0.15, 0.2) is 0 Å². The molecule has 0 unspecified atom stereocenters. The summed E-state index contributed by atoms with van der Waals surface area (Å²) in [6, 6.07) is 14.9. The van der Waals surface area contributed by atoms with E-state index in [1.165, 1.54) is 23.4 Å². The van der Waals surface area contributed by atoms with Crippen molar-refractivity contribution in [2.24, 2.45) is 0 Å². The van der Waals surface area contributed by atoms with E-state index in [4.69, 9.17) is 17.2 Å². The molecule has 0 bridgehead atoms. The minimum atomic E-state index is -0.392. The van der Waals surface area contributed by atoms with Crippen molar-refractivity contribution < 1.29 is 4.92 Å². The van der Waals surface area contributed by atoms with Crippen LogP contribution in [0.2, 0.25) is 0 Å². The number of rotatable bonds is 3. The zero-order chi connectivity index (χ0) is 19.0. The minimum Gasteiger partial charge on any atom is -0.298 e. The average molecular weight is 377 g/mol. The first kappa shape index (κ1) is 17.5. The van der Waals surface area contributed by atoms with E-state index in [0.717, 1.165) is 48.3 Å². The third-order valence-corrected chi connectivity index (χ3v) is 5.35. The van der Waals surface area contributed by atoms with Gasteiger partial charge in [-0.3, -0.25) is 14.7 Å². The Hall–Kier alpha value is -2.86. The molecular formula is C21H19N3O2S. The number of hydrogen-bond donors (Lipinski definition) is 0. The van der Waals surface area contributed by atoms with Crippen molar-refractivity contribution in [3.05, 3.63) is 80.1 Å². The zero-order valence-electron chi connectivity index (χ0n) is 15.0. The van der Waals surface area contributed by atoms with Crippen molar-refractivity contribution in [1.82, 2.24) is 9.55 Å². The number of nitro benzene ring substituents is 1. The van der Waals surface area contributed by atoms with Gasteiger partial charge < -0.3 is 0 Å². The van der Waals surface area contributed by atoms with E-state index in [9.17, 15) is 10.1 Å². The highest BCUT2D eigenvalue weighted by molar-refractivity contribution is 7.71. The van der Waals surface area contributed by atoms with Gasteiger partial charge in [0.25, 0.3) is 5.69 Å². The van der Waals surface area contributed by atoms with Crippen LogP contribution in [0.4, 0.5) is 5.69 Å². The number of benzene rings is 2. The highest BCUT2D eigenvalue weighted by Crippen LogP contribution is 2.31. The second kappa shape index (κ2) is 7.04. The van der Waals surface area contributed by atoms with E-state index < -0.39 is 4.92 Å². The number of nitro groups is 1. The third kappa shape index (κ3) is 3.28. The summed E-state index contributed by atoms with van der Waals surface area (Å²) in [7, 11) is 0. The van der Waals surface area contributed by atoms with E-state index in [2.05, 4.69) is 35.8 Å². The Morgan fingerprint density at radius 3 is 2.37 bits per heavy atom. The van der Waals surface area contributed by atoms with Gasteiger partial charge >= 0.3 is 0 Å². The topological polar surface area (TPSA) is 61.0 Å². The highest BCUT2D eigenvalue weighted by atomic mass is 32.1. The zero-order valence-corrected chi connectivity index (χ0v) is 15.8. The molecule has 0 saturated carbocycles. The molecule has 0 radical (unpaired) electrons. The maximum atomic E-state index is 11.0. The smallest absolute Gasteiger partial charge is 0.269 e. The van der Waals surface area contributed by atoms with Crippen LogP contribution < -0.4 is 0 Å². The molecule has 0 aliphatic heterocycles. The molecule has 1 aromatic heterocycles. The third-order valence-electron chi connectivity index (χ3n) is 5.01. The van der Waals surface area contributed by atoms with Gasteiger partial charge in [-0.1, -0.05) is 29.9 Å². The molecule has 136 valence electrons. The Bertz CT molecular complexity index is 1070. The molecule has 1 aliphatic rings. The molecule has 5 nitrogen and oxygen atoms in total. The second-order valence-corrected chi connectivity index (χ2v) is 7.23. The molecule has 0 amide bonds. The van der Waals surface area contributed by atoms with Crippen LogP contribution >= 0.6 is 12.2 Å².